The molecule has 2 amide bonds. The van der Waals surface area contributed by atoms with Crippen molar-refractivity contribution in [1.82, 2.24) is 4.90 Å². The number of ether oxygens (including phenoxy) is 2. The molecule has 0 aliphatic carbocycles. The number of nitrogens with one attached hydrogen (secondary N) is 1. The standard InChI is InChI=1S/C25H30ClN3O5/c1-5-33-25(32)19-6-7-22(29-10-8-28(9-11-29)18(4)30)21(14-19)27-23(31)15-34-20-12-16(2)24(26)17(3)13-20/h6-7,12-14H,5,8-11,15H2,1-4H3,(H,27,31). The van der Waals surface area contributed by atoms with Crippen LogP contribution in [0.2, 0.25) is 5.02 Å². The molecule has 8 nitrogen and oxygen atoms in total. The topological polar surface area (TPSA) is 88.2 Å². The van der Waals surface area contributed by atoms with Gasteiger partial charge in [-0.25, -0.2) is 4.79 Å². The van der Waals surface area contributed by atoms with Crippen LogP contribution in [-0.4, -0.2) is 62.1 Å². The molecule has 0 aromatic heterocycles. The summed E-state index contributed by atoms with van der Waals surface area (Å²) in [5.41, 5.74) is 3.33. The molecule has 1 saturated heterocycles. The van der Waals surface area contributed by atoms with Gasteiger partial charge in [0.2, 0.25) is 5.91 Å². The molecule has 1 aliphatic rings. The molecule has 1 aliphatic heterocycles. The molecule has 0 saturated carbocycles. The van der Waals surface area contributed by atoms with Crippen LogP contribution in [0, 0.1) is 13.8 Å². The Morgan fingerprint density at radius 2 is 1.68 bits per heavy atom. The van der Waals surface area contributed by atoms with Crippen molar-refractivity contribution in [3.63, 3.8) is 0 Å². The smallest absolute Gasteiger partial charge is 0.338 e. The Balaban J connectivity index is 1.77. The molecule has 1 N–H and O–H groups in total. The molecule has 0 radical (unpaired) electrons. The van der Waals surface area contributed by atoms with E-state index in [1.54, 1.807) is 49.1 Å². The van der Waals surface area contributed by atoms with Crippen LogP contribution in [0.3, 0.4) is 0 Å². The Labute approximate surface area is 204 Å². The molecule has 0 unspecified atom stereocenters. The van der Waals surface area contributed by atoms with Crippen LogP contribution in [0.5, 0.6) is 5.75 Å². The number of halogens is 1. The lowest BCUT2D eigenvalue weighted by Crippen LogP contribution is -2.48. The Kier molecular flexibility index (Phi) is 8.39. The fourth-order valence-electron chi connectivity index (χ4n) is 3.84. The van der Waals surface area contributed by atoms with E-state index in [1.165, 1.54) is 0 Å². The summed E-state index contributed by atoms with van der Waals surface area (Å²) in [5.74, 6) is -0.241. The van der Waals surface area contributed by atoms with E-state index in [1.807, 2.05) is 13.8 Å². The van der Waals surface area contributed by atoms with Gasteiger partial charge in [0.15, 0.2) is 6.61 Å². The minimum absolute atomic E-state index is 0.0376. The number of carbonyl (C=O) groups excluding carboxylic acids is 3. The van der Waals surface area contributed by atoms with E-state index in [4.69, 9.17) is 21.1 Å². The van der Waals surface area contributed by atoms with Crippen molar-refractivity contribution < 1.29 is 23.9 Å². The van der Waals surface area contributed by atoms with E-state index >= 15 is 0 Å². The summed E-state index contributed by atoms with van der Waals surface area (Å²) < 4.78 is 10.8. The number of amides is 2. The maximum atomic E-state index is 12.8. The van der Waals surface area contributed by atoms with E-state index in [2.05, 4.69) is 10.2 Å². The fraction of sp³-hybridized carbons (Fsp3) is 0.400. The Hall–Kier alpha value is -3.26. The van der Waals surface area contributed by atoms with E-state index in [9.17, 15) is 14.4 Å². The minimum atomic E-state index is -0.464. The van der Waals surface area contributed by atoms with Crippen LogP contribution < -0.4 is 15.0 Å². The van der Waals surface area contributed by atoms with E-state index < -0.39 is 5.97 Å². The maximum absolute atomic E-state index is 12.8. The lowest BCUT2D eigenvalue weighted by atomic mass is 10.1. The zero-order chi connectivity index (χ0) is 24.8. The number of hydrogen-bond acceptors (Lipinski definition) is 6. The van der Waals surface area contributed by atoms with E-state index in [-0.39, 0.29) is 25.0 Å². The third kappa shape index (κ3) is 6.20. The molecule has 2 aromatic carbocycles. The van der Waals surface area contributed by atoms with Gasteiger partial charge < -0.3 is 24.6 Å². The largest absolute Gasteiger partial charge is 0.484 e. The molecule has 1 fully saturated rings. The zero-order valence-electron chi connectivity index (χ0n) is 19.9. The van der Waals surface area contributed by atoms with Crippen LogP contribution in [0.15, 0.2) is 30.3 Å². The van der Waals surface area contributed by atoms with Crippen LogP contribution in [-0.2, 0) is 14.3 Å². The maximum Gasteiger partial charge on any atom is 0.338 e. The minimum Gasteiger partial charge on any atom is -0.484 e. The van der Waals surface area contributed by atoms with Crippen molar-refractivity contribution in [3.8, 4) is 5.75 Å². The van der Waals surface area contributed by atoms with Crippen LogP contribution in [0.25, 0.3) is 0 Å². The van der Waals surface area contributed by atoms with Gasteiger partial charge in [-0.2, -0.15) is 0 Å². The van der Waals surface area contributed by atoms with E-state index in [0.717, 1.165) is 16.8 Å². The highest BCUT2D eigenvalue weighted by atomic mass is 35.5. The first-order valence-corrected chi connectivity index (χ1v) is 11.6. The summed E-state index contributed by atoms with van der Waals surface area (Å²) in [6.07, 6.45) is 0. The number of anilines is 2. The van der Waals surface area contributed by atoms with Crippen LogP contribution >= 0.6 is 11.6 Å². The Morgan fingerprint density at radius 1 is 1.03 bits per heavy atom. The van der Waals surface area contributed by atoms with Crippen molar-refractivity contribution in [1.29, 1.82) is 0 Å². The number of esters is 1. The predicted octanol–water partition coefficient (Wildman–Crippen LogP) is 3.82. The van der Waals surface area contributed by atoms with Gasteiger partial charge in [0.05, 0.1) is 23.5 Å². The second kappa shape index (κ2) is 11.2. The molecule has 1 heterocycles. The van der Waals surface area contributed by atoms with Gasteiger partial charge in [0.1, 0.15) is 5.75 Å². The summed E-state index contributed by atoms with van der Waals surface area (Å²) in [7, 11) is 0. The number of piperazine rings is 1. The van der Waals surface area contributed by atoms with Crippen LogP contribution in [0.4, 0.5) is 11.4 Å². The van der Waals surface area contributed by atoms with Crippen molar-refractivity contribution in [3.05, 3.63) is 52.0 Å². The number of rotatable bonds is 7. The number of hydrogen-bond donors (Lipinski definition) is 1. The van der Waals surface area contributed by atoms with Crippen molar-refractivity contribution in [2.45, 2.75) is 27.7 Å². The number of aryl methyl sites for hydroxylation is 2. The third-order valence-corrected chi connectivity index (χ3v) is 6.22. The molecular weight excluding hydrogens is 458 g/mol. The van der Waals surface area contributed by atoms with Gasteiger partial charge in [-0.3, -0.25) is 9.59 Å². The van der Waals surface area contributed by atoms with Gasteiger partial charge in [-0.15, -0.1) is 0 Å². The zero-order valence-corrected chi connectivity index (χ0v) is 20.7. The van der Waals surface area contributed by atoms with Gasteiger partial charge in [0, 0.05) is 38.1 Å². The van der Waals surface area contributed by atoms with Gasteiger partial charge in [-0.05, 0) is 62.2 Å². The molecule has 9 heteroatoms. The monoisotopic (exact) mass is 487 g/mol. The third-order valence-electron chi connectivity index (χ3n) is 5.63. The summed E-state index contributed by atoms with van der Waals surface area (Å²) >= 11 is 6.20. The van der Waals surface area contributed by atoms with E-state index in [0.29, 0.717) is 48.2 Å². The lowest BCUT2D eigenvalue weighted by molar-refractivity contribution is -0.129. The summed E-state index contributed by atoms with van der Waals surface area (Å²) in [6, 6.07) is 8.64. The summed E-state index contributed by atoms with van der Waals surface area (Å²) in [6.45, 7) is 9.48. The van der Waals surface area contributed by atoms with Crippen molar-refractivity contribution in [2.75, 3.05) is 49.6 Å². The molecule has 0 spiro atoms. The quantitative estimate of drug-likeness (QED) is 0.597. The van der Waals surface area contributed by atoms with Gasteiger partial charge in [0.25, 0.3) is 5.91 Å². The molecule has 0 atom stereocenters. The molecule has 3 rings (SSSR count). The highest BCUT2D eigenvalue weighted by Gasteiger charge is 2.22. The van der Waals surface area contributed by atoms with Crippen molar-refractivity contribution in [2.24, 2.45) is 0 Å². The average molecular weight is 488 g/mol. The van der Waals surface area contributed by atoms with Gasteiger partial charge >= 0.3 is 5.97 Å². The normalized spacial score (nSPS) is 13.4. The predicted molar refractivity (Wildman–Crippen MR) is 132 cm³/mol. The first-order chi connectivity index (χ1) is 16.2. The van der Waals surface area contributed by atoms with Crippen LogP contribution in [0.1, 0.15) is 35.3 Å². The molecule has 34 heavy (non-hydrogen) atoms. The Morgan fingerprint density at radius 3 is 2.26 bits per heavy atom. The second-order valence-corrected chi connectivity index (χ2v) is 8.53. The Bertz CT molecular complexity index is 1060. The number of nitrogens with zero attached hydrogens (tertiary/aromatic N) is 2. The number of carbonyl (C=O) groups is 3. The lowest BCUT2D eigenvalue weighted by Gasteiger charge is -2.36. The molecule has 182 valence electrons. The first kappa shape index (κ1) is 25.4. The first-order valence-electron chi connectivity index (χ1n) is 11.2. The van der Waals surface area contributed by atoms with Crippen molar-refractivity contribution >= 4 is 40.8 Å². The molecular formula is C25H30ClN3O5. The summed E-state index contributed by atoms with van der Waals surface area (Å²) in [4.78, 5) is 40.5. The van der Waals surface area contributed by atoms with Gasteiger partial charge in [-0.1, -0.05) is 11.6 Å². The highest BCUT2D eigenvalue weighted by molar-refractivity contribution is 6.32. The SMILES string of the molecule is CCOC(=O)c1ccc(N2CCN(C(C)=O)CC2)c(NC(=O)COc2cc(C)c(Cl)c(C)c2)c1. The fourth-order valence-corrected chi connectivity index (χ4v) is 3.95. The molecule has 0 bridgehead atoms. The average Bonchev–Trinajstić information content (AvgIpc) is 2.81. The second-order valence-electron chi connectivity index (χ2n) is 8.15. The highest BCUT2D eigenvalue weighted by Crippen LogP contribution is 2.29. The molecule has 2 aromatic rings. The summed E-state index contributed by atoms with van der Waals surface area (Å²) in [5, 5.41) is 3.54. The number of benzene rings is 2.